The number of halogens is 1. The summed E-state index contributed by atoms with van der Waals surface area (Å²) in [6.07, 6.45) is 5.19. The van der Waals surface area contributed by atoms with E-state index in [1.807, 2.05) is 0 Å². The number of rotatable bonds is 2. The largest absolute Gasteiger partial charge is 0.385 e. The van der Waals surface area contributed by atoms with Gasteiger partial charge >= 0.3 is 0 Å². The summed E-state index contributed by atoms with van der Waals surface area (Å²) in [5.74, 6) is -0.893. The van der Waals surface area contributed by atoms with Crippen molar-refractivity contribution in [1.82, 2.24) is 24.5 Å². The van der Waals surface area contributed by atoms with E-state index in [2.05, 4.69) is 15.1 Å². The van der Waals surface area contributed by atoms with Crippen LogP contribution in [0.3, 0.4) is 0 Å². The topological polar surface area (TPSA) is 83.6 Å². The number of amides is 1. The first-order valence-corrected chi connectivity index (χ1v) is 8.00. The number of hydrogen-bond acceptors (Lipinski definition) is 5. The lowest BCUT2D eigenvalue weighted by atomic mass is 9.85. The SMILES string of the molecule is O=C(c1cc2ncccn2n1)N1CCC(O)(c2cccnc2F)CC1. The molecule has 0 radical (unpaired) electrons. The van der Waals surface area contributed by atoms with Crippen LogP contribution in [0.1, 0.15) is 28.9 Å². The van der Waals surface area contributed by atoms with Crippen LogP contribution in [0.25, 0.3) is 5.65 Å². The maximum atomic E-state index is 13.9. The van der Waals surface area contributed by atoms with E-state index in [1.165, 1.54) is 12.3 Å². The van der Waals surface area contributed by atoms with E-state index in [9.17, 15) is 14.3 Å². The van der Waals surface area contributed by atoms with Crippen molar-refractivity contribution in [2.24, 2.45) is 0 Å². The van der Waals surface area contributed by atoms with Gasteiger partial charge in [0.1, 0.15) is 0 Å². The molecule has 0 unspecified atom stereocenters. The fourth-order valence-corrected chi connectivity index (χ4v) is 3.18. The van der Waals surface area contributed by atoms with Crippen LogP contribution in [0, 0.1) is 5.95 Å². The zero-order chi connectivity index (χ0) is 17.4. The van der Waals surface area contributed by atoms with Crippen molar-refractivity contribution >= 4 is 11.6 Å². The van der Waals surface area contributed by atoms with Crippen LogP contribution in [-0.2, 0) is 5.60 Å². The van der Waals surface area contributed by atoms with E-state index in [0.29, 0.717) is 24.4 Å². The van der Waals surface area contributed by atoms with E-state index in [1.54, 1.807) is 40.0 Å². The van der Waals surface area contributed by atoms with Gasteiger partial charge in [0.2, 0.25) is 5.95 Å². The second-order valence-electron chi connectivity index (χ2n) is 6.12. The highest BCUT2D eigenvalue weighted by atomic mass is 19.1. The average Bonchev–Trinajstić information content (AvgIpc) is 3.06. The van der Waals surface area contributed by atoms with Gasteiger partial charge in [0.25, 0.3) is 5.91 Å². The fourth-order valence-electron chi connectivity index (χ4n) is 3.18. The first-order valence-electron chi connectivity index (χ1n) is 8.00. The Morgan fingerprint density at radius 1 is 1.20 bits per heavy atom. The number of pyridine rings is 1. The van der Waals surface area contributed by atoms with Crippen LogP contribution in [0.15, 0.2) is 42.9 Å². The number of carbonyl (C=O) groups is 1. The normalized spacial score (nSPS) is 17.0. The number of piperidine rings is 1. The lowest BCUT2D eigenvalue weighted by Crippen LogP contribution is -2.45. The Hall–Kier alpha value is -2.87. The molecule has 0 bridgehead atoms. The molecule has 0 saturated carbocycles. The van der Waals surface area contributed by atoms with Crippen LogP contribution in [0.5, 0.6) is 0 Å². The predicted molar refractivity (Wildman–Crippen MR) is 86.2 cm³/mol. The lowest BCUT2D eigenvalue weighted by Gasteiger charge is -2.38. The van der Waals surface area contributed by atoms with Crippen molar-refractivity contribution in [2.75, 3.05) is 13.1 Å². The van der Waals surface area contributed by atoms with Crippen LogP contribution in [0.4, 0.5) is 4.39 Å². The molecule has 7 nitrogen and oxygen atoms in total. The van der Waals surface area contributed by atoms with Crippen molar-refractivity contribution < 1.29 is 14.3 Å². The Labute approximate surface area is 142 Å². The minimum absolute atomic E-state index is 0.180. The molecule has 25 heavy (non-hydrogen) atoms. The smallest absolute Gasteiger partial charge is 0.274 e. The Balaban J connectivity index is 1.51. The molecule has 3 aromatic rings. The minimum Gasteiger partial charge on any atom is -0.385 e. The van der Waals surface area contributed by atoms with E-state index < -0.39 is 11.5 Å². The van der Waals surface area contributed by atoms with E-state index >= 15 is 0 Å². The molecule has 0 atom stereocenters. The molecule has 1 amide bonds. The van der Waals surface area contributed by atoms with Crippen LogP contribution < -0.4 is 0 Å². The maximum Gasteiger partial charge on any atom is 0.274 e. The number of carbonyl (C=O) groups excluding carboxylic acids is 1. The zero-order valence-electron chi connectivity index (χ0n) is 13.3. The van der Waals surface area contributed by atoms with Gasteiger partial charge in [0.15, 0.2) is 11.3 Å². The van der Waals surface area contributed by atoms with Crippen molar-refractivity contribution in [3.05, 3.63) is 60.1 Å². The highest BCUT2D eigenvalue weighted by Gasteiger charge is 2.38. The summed E-state index contributed by atoms with van der Waals surface area (Å²) in [7, 11) is 0. The summed E-state index contributed by atoms with van der Waals surface area (Å²) in [6.45, 7) is 0.621. The highest BCUT2D eigenvalue weighted by Crippen LogP contribution is 2.34. The van der Waals surface area contributed by atoms with E-state index in [4.69, 9.17) is 0 Å². The molecule has 1 aliphatic rings. The molecule has 1 aliphatic heterocycles. The molecule has 128 valence electrons. The third kappa shape index (κ3) is 2.74. The number of aliphatic hydroxyl groups is 1. The first kappa shape index (κ1) is 15.6. The Bertz CT molecular complexity index is 900. The maximum absolute atomic E-state index is 13.9. The van der Waals surface area contributed by atoms with Crippen molar-refractivity contribution in [3.63, 3.8) is 0 Å². The summed E-state index contributed by atoms with van der Waals surface area (Å²) in [6, 6.07) is 6.49. The number of aromatic nitrogens is 4. The molecule has 4 heterocycles. The number of nitrogens with zero attached hydrogens (tertiary/aromatic N) is 5. The van der Waals surface area contributed by atoms with Gasteiger partial charge in [-0.05, 0) is 25.0 Å². The van der Waals surface area contributed by atoms with Crippen molar-refractivity contribution in [1.29, 1.82) is 0 Å². The Kier molecular flexibility index (Phi) is 3.69. The second kappa shape index (κ2) is 5.89. The standard InChI is InChI=1S/C17H16FN5O2/c18-15-12(3-1-6-20-15)17(25)4-9-22(10-5-17)16(24)13-11-14-19-7-2-8-23(14)21-13/h1-3,6-8,11,25H,4-5,9-10H2. The molecule has 0 aromatic carbocycles. The molecular weight excluding hydrogens is 325 g/mol. The summed E-state index contributed by atoms with van der Waals surface area (Å²) < 4.78 is 15.4. The number of fused-ring (bicyclic) bond motifs is 1. The summed E-state index contributed by atoms with van der Waals surface area (Å²) in [5, 5.41) is 15.0. The highest BCUT2D eigenvalue weighted by molar-refractivity contribution is 5.93. The van der Waals surface area contributed by atoms with Gasteiger partial charge in [0, 0.05) is 43.3 Å². The van der Waals surface area contributed by atoms with Gasteiger partial charge in [-0.25, -0.2) is 14.5 Å². The van der Waals surface area contributed by atoms with Crippen molar-refractivity contribution in [2.45, 2.75) is 18.4 Å². The van der Waals surface area contributed by atoms with E-state index in [0.717, 1.165) is 0 Å². The van der Waals surface area contributed by atoms with Crippen LogP contribution >= 0.6 is 0 Å². The third-order valence-electron chi connectivity index (χ3n) is 4.59. The molecule has 8 heteroatoms. The van der Waals surface area contributed by atoms with Gasteiger partial charge in [0.05, 0.1) is 5.60 Å². The quantitative estimate of drug-likeness (QED) is 0.712. The van der Waals surface area contributed by atoms with Gasteiger partial charge in [-0.2, -0.15) is 9.49 Å². The first-order chi connectivity index (χ1) is 12.1. The number of hydrogen-bond donors (Lipinski definition) is 1. The molecule has 0 spiro atoms. The predicted octanol–water partition coefficient (Wildman–Crippen LogP) is 1.39. The molecule has 3 aromatic heterocycles. The number of likely N-dealkylation sites (tertiary alicyclic amines) is 1. The lowest BCUT2D eigenvalue weighted by molar-refractivity contribution is -0.0242. The fraction of sp³-hybridized carbons (Fsp3) is 0.294. The third-order valence-corrected chi connectivity index (χ3v) is 4.59. The average molecular weight is 341 g/mol. The monoisotopic (exact) mass is 341 g/mol. The Morgan fingerprint density at radius 2 is 1.96 bits per heavy atom. The molecule has 4 rings (SSSR count). The van der Waals surface area contributed by atoms with Gasteiger partial charge in [-0.15, -0.1) is 0 Å². The van der Waals surface area contributed by atoms with Crippen molar-refractivity contribution in [3.8, 4) is 0 Å². The zero-order valence-corrected chi connectivity index (χ0v) is 13.3. The summed E-state index contributed by atoms with van der Waals surface area (Å²) in [4.78, 5) is 22.0. The van der Waals surface area contributed by atoms with Crippen LogP contribution in [-0.4, -0.2) is 48.6 Å². The summed E-state index contributed by atoms with van der Waals surface area (Å²) in [5.41, 5.74) is -0.234. The van der Waals surface area contributed by atoms with E-state index in [-0.39, 0.29) is 24.3 Å². The molecule has 1 saturated heterocycles. The minimum atomic E-state index is -1.31. The van der Waals surface area contributed by atoms with Gasteiger partial charge < -0.3 is 10.0 Å². The second-order valence-corrected chi connectivity index (χ2v) is 6.12. The Morgan fingerprint density at radius 3 is 2.68 bits per heavy atom. The molecular formula is C17H16FN5O2. The molecule has 0 aliphatic carbocycles. The van der Waals surface area contributed by atoms with Gasteiger partial charge in [-0.3, -0.25) is 4.79 Å². The molecule has 1 N–H and O–H groups in total. The van der Waals surface area contributed by atoms with Gasteiger partial charge in [-0.1, -0.05) is 6.07 Å². The summed E-state index contributed by atoms with van der Waals surface area (Å²) >= 11 is 0. The van der Waals surface area contributed by atoms with Crippen LogP contribution in [0.2, 0.25) is 0 Å². The molecule has 1 fully saturated rings.